The third kappa shape index (κ3) is 44.6. The van der Waals surface area contributed by atoms with Gasteiger partial charge in [0.1, 0.15) is 75.6 Å². The normalized spacial score (nSPS) is 22.5. The van der Waals surface area contributed by atoms with Gasteiger partial charge in [-0.1, -0.05) is 225 Å². The van der Waals surface area contributed by atoms with Gasteiger partial charge in [0.25, 0.3) is 0 Å². The number of carbonyl (C=O) groups excluding carboxylic acids is 1. The molecule has 0 spiro atoms. The van der Waals surface area contributed by atoms with Gasteiger partial charge >= 0.3 is 53.2 Å². The maximum Gasteiger partial charge on any atom is 2.00 e. The SMILES string of the molecule is C.CCCC1CC=C(c2cccc(F)c2)CC1.CCCC1CCC(=O)CC1.CCCC1CCC(O)(c2cccc(F)c2)CC1.CCCC1CCC(c2ccc(-c3cc(F)cc(F)c3)c(F)c2)CC1.CCCC1CCC(c2ccc(I)c(F)c2)CC1.CCCC1CCC(c2cccc(F)c2)CC1.Fc1cc(F)cc(Br)c1.Fc1cccc(Br)c1.OB(O)c1cc(F)cc(F)c1.[3HH].[3HH].[3HH].[3HH].[3HH].[3H][3H].[3H][3H].[3H][3H].[3H][3H].[3H][3H].[3H][3H].[3H][3H].[3H][3H].[3H][3H].[3H][3H].[3H][3H].[3H][3H].[3H][3H].[3H][3H].[3H][3H].[3H][3H].[3H][3H].[3H][3H].[3H][3H].[3H][3H].[3H][3H].[3H][3H].[3H][3H].[3H][3H].[3H][3H].[3H][3H].[3H][3H].[3H][3H].[3H][3H].[3H][3H].[3H][3H].[3H][3H].[3H][3H].[3H][3H].[3H][3H].[3H][3H].[3H][3H].[3H][3H].[3H][3H].[3H][3H].[H-].[H-].[H-].[H-].[Mg+2].[Mg+2].[OH-]. The minimum Gasteiger partial charge on any atom is -1.00 e. The molecule has 23 heteroatoms. The van der Waals surface area contributed by atoms with Crippen LogP contribution in [-0.4, -0.2) is 79.6 Å². The average Bonchev–Trinajstić information content (AvgIpc) is 0.806. The van der Waals surface area contributed by atoms with E-state index in [-0.39, 0.29) is 118 Å². The minimum atomic E-state index is -1.83. The predicted octanol–water partition coefficient (Wildman–Crippen LogP) is 44.8. The molecule has 0 amide bonds. The van der Waals surface area contributed by atoms with Gasteiger partial charge in [-0.25, -0.2) is 52.7 Å². The first-order valence-corrected chi connectivity index (χ1v) is 49.3. The summed E-state index contributed by atoms with van der Waals surface area (Å²) in [6.45, 7) is 13.4. The van der Waals surface area contributed by atoms with E-state index < -0.39 is 53.4 Å². The number of aliphatic hydroxyl groups is 1. The van der Waals surface area contributed by atoms with Crippen molar-refractivity contribution in [1.82, 2.24) is 0 Å². The number of halogens is 15. The van der Waals surface area contributed by atoms with Crippen LogP contribution in [0.25, 0.3) is 16.7 Å². The third-order valence-corrected chi connectivity index (χ3v) is 27.4. The molecule has 6 aliphatic rings. The number of rotatable bonds is 19. The first-order valence-electron chi connectivity index (χ1n) is 86.6. The van der Waals surface area contributed by atoms with E-state index in [9.17, 15) is 62.6 Å². The summed E-state index contributed by atoms with van der Waals surface area (Å²) >= 11 is 8.11. The Morgan fingerprint density at radius 3 is 1.13 bits per heavy atom. The Hall–Kier alpha value is -5.32. The number of Topliss-reactive ketones (excluding diaryl/α,β-unsaturated/α-hetero) is 1. The van der Waals surface area contributed by atoms with E-state index in [0.717, 1.165) is 167 Å². The van der Waals surface area contributed by atoms with Crippen molar-refractivity contribution >= 4 is 124 Å². The Morgan fingerprint density at radius 1 is 0.386 bits per heavy atom. The number of benzene rings is 9. The van der Waals surface area contributed by atoms with Gasteiger partial charge in [0, 0.05) is 175 Å². The number of hydrogen-bond donors (Lipinski definition) is 3. The Bertz CT molecular complexity index is 4890. The maximum absolute atomic E-state index is 14.5. The fourth-order valence-electron chi connectivity index (χ4n) is 18.7. The maximum atomic E-state index is 14.5. The van der Waals surface area contributed by atoms with Gasteiger partial charge in [0.15, 0.2) is 0 Å². The average molecular weight is 2370 g/mol. The summed E-state index contributed by atoms with van der Waals surface area (Å²) in [6, 6.07) is 46.4. The number of ketones is 1. The molecule has 0 bridgehead atoms. The second-order valence-corrected chi connectivity index (χ2v) is 38.5. The Morgan fingerprint density at radius 2 is 0.742 bits per heavy atom. The second-order valence-electron chi connectivity index (χ2n) is 35.5. The van der Waals surface area contributed by atoms with E-state index in [1.165, 1.54) is 219 Å². The fourth-order valence-corrected chi connectivity index (χ4v) is 19.8. The molecule has 9 aromatic carbocycles. The smallest absolute Gasteiger partial charge is 1.00 e. The first kappa shape index (κ1) is 70.3. The van der Waals surface area contributed by atoms with Gasteiger partial charge < -0.3 is 26.3 Å². The quantitative estimate of drug-likeness (QED) is 0.0425. The van der Waals surface area contributed by atoms with E-state index in [1.807, 2.05) is 30.3 Å². The molecule has 132 heavy (non-hydrogen) atoms. The monoisotopic (exact) mass is 2360 g/mol. The van der Waals surface area contributed by atoms with Crippen LogP contribution in [0.2, 0.25) is 0 Å². The van der Waals surface area contributed by atoms with Crippen molar-refractivity contribution in [2.45, 2.75) is 297 Å². The minimum absolute atomic E-state index is 0. The molecule has 0 radical (unpaired) electrons. The van der Waals surface area contributed by atoms with E-state index in [2.05, 4.69) is 114 Å². The number of allylic oxidation sites excluding steroid dienone is 2. The fraction of sp³-hybridized carbons (Fsp3) is 0.477. The topological polar surface area (TPSA) is 108 Å². The summed E-state index contributed by atoms with van der Waals surface area (Å²) in [5.74, 6) is 1.86. The molecule has 15 rings (SSSR count). The molecule has 0 aliphatic heterocycles. The molecule has 0 saturated heterocycles. The van der Waals surface area contributed by atoms with Gasteiger partial charge in [-0.2, -0.15) is 0 Å². The van der Waals surface area contributed by atoms with E-state index >= 15 is 0 Å². The van der Waals surface area contributed by atoms with Crippen molar-refractivity contribution in [3.63, 3.8) is 0 Å². The molecule has 6 aliphatic carbocycles. The van der Waals surface area contributed by atoms with Crippen LogP contribution in [0, 0.1) is 109 Å². The molecule has 5 saturated carbocycles. The van der Waals surface area contributed by atoms with E-state index in [4.69, 9.17) is 129 Å². The first-order chi connectivity index (χ1) is 101. The Kier molecular flexibility index (Phi) is 34.9. The van der Waals surface area contributed by atoms with Gasteiger partial charge in [-0.3, -0.25) is 4.79 Å². The van der Waals surface area contributed by atoms with Crippen LogP contribution in [0.15, 0.2) is 203 Å². The molecule has 1 atom stereocenters. The van der Waals surface area contributed by atoms with Crippen molar-refractivity contribution in [2.24, 2.45) is 35.5 Å². The Labute approximate surface area is 980 Å². The summed E-state index contributed by atoms with van der Waals surface area (Å²) in [5.41, 5.74) is 6.04. The zero-order chi connectivity index (χ0) is 173. The van der Waals surface area contributed by atoms with Crippen molar-refractivity contribution < 1.29 is 210 Å². The largest absolute Gasteiger partial charge is 2.00 e. The van der Waals surface area contributed by atoms with E-state index in [0.29, 0.717) is 34.1 Å². The number of hydrogen-bond acceptors (Lipinski definition) is 5. The van der Waals surface area contributed by atoms with Gasteiger partial charge in [-0.15, -0.1) is 0 Å². The van der Waals surface area contributed by atoms with Crippen molar-refractivity contribution in [1.29, 1.82) is 0 Å². The van der Waals surface area contributed by atoms with Crippen LogP contribution in [0.3, 0.4) is 0 Å². The van der Waals surface area contributed by atoms with Crippen molar-refractivity contribution in [3.8, 4) is 11.1 Å². The van der Waals surface area contributed by atoms with Crippen LogP contribution < -0.4 is 5.46 Å². The zero-order valence-corrected chi connectivity index (χ0v) is 85.4. The summed E-state index contributed by atoms with van der Waals surface area (Å²) in [7, 11) is -1.83. The summed E-state index contributed by atoms with van der Waals surface area (Å²) < 4.78 is 557. The van der Waals surface area contributed by atoms with Crippen LogP contribution in [0.4, 0.5) is 52.7 Å². The van der Waals surface area contributed by atoms with Crippen LogP contribution in [-0.2, 0) is 10.4 Å². The molecule has 9 aromatic rings. The molecule has 4 N–H and O–H groups in total. The summed E-state index contributed by atoms with van der Waals surface area (Å²) in [4.78, 5) is 10.8. The van der Waals surface area contributed by atoms with Gasteiger partial charge in [-0.05, 0) is 364 Å². The molecule has 0 heterocycles. The van der Waals surface area contributed by atoms with Crippen LogP contribution in [0.1, 0.15) is 451 Å². The van der Waals surface area contributed by atoms with Gasteiger partial charge in [0.05, 0.1) is 5.60 Å². The van der Waals surface area contributed by atoms with Gasteiger partial charge in [0.2, 0.25) is 0 Å². The predicted molar refractivity (Wildman–Crippen MR) is 636 cm³/mol. The third-order valence-electron chi connectivity index (χ3n) is 25.6. The summed E-state index contributed by atoms with van der Waals surface area (Å²) in [6.07, 6.45) is 43.9. The molecule has 5 fully saturated rings. The molecular formula is C109H231BBr2F12IMg2O5-. The molecule has 810 valence electrons. The standard InChI is InChI=1S/C21H23F3.C15H20FI.C15H21FO.C15H21F.C15H19F.C9H16O.C6H5BF2O2.C6H3BrF2.C6H4BrF.CH4.2Mg.H2O.45H2.4H/c1-2-3-14-4-6-15(7-5-14)16-8-9-20(21(24)12-16)17-10-18(22)13-19(23)11-17;1-2-3-11-4-6-12(7-5-11)13-8-9-15(17)14(16)10-13;1-2-4-12-7-9-15(17,10-8-12)13-5-3-6-14(16)11-13;2*1-2-4-12-7-9-13(10-8-12)14-5-3-6-15(16)11-14;1-2-3-8-4-6-9(10)7-5-8;8-5-1-4(7(10)11)2-6(9)3-5;7-4-1-5(8)3-6(9)2-4;7-5-2-1-3-6(8)4-5;;;;;;;;;;;;;;;;;;;;;;;;;;;;;;;;;;;;;;;;;;;;;;;;;;;;;/h8-15H,2-7H2,1H3;8-12H,2-7H2,1H3;3,5-6,11-12,17H,2,4,7-10H2,1H3;3,5-6,11-13H,2,4,7-10H2,1H3;3,5-6,9,11-12H,2,4,7-8,10H2,1H3;8H,2-7H2,1H3;1-3,10-11H;1-3H;1-4H;1H4;;;1H2;45*1H;;;;/q;;;;;;;;;;2*+2;;;;;;;;;;;;;;;;;;;;;;;;;;;;;;;;;;;;;;;;;;;;;;;4*-1/p-1/i;;;;;;;;;;;;;40*1+2T;5*1+2;;;;. The van der Waals surface area contributed by atoms with Crippen molar-refractivity contribution in [2.75, 3.05) is 0 Å². The van der Waals surface area contributed by atoms with Crippen LogP contribution >= 0.6 is 54.5 Å². The van der Waals surface area contributed by atoms with E-state index in [1.54, 1.807) is 54.6 Å². The molecule has 0 aromatic heterocycles. The Balaban J connectivity index is -0.0000000324. The summed E-state index contributed by atoms with van der Waals surface area (Å²) in [5, 5.41) is 27.6. The zero-order valence-electron chi connectivity index (χ0n) is 161. The second kappa shape index (κ2) is 65.5. The molecule has 5 nitrogen and oxygen atoms in total. The molecular weight excluding hydrogens is 1960 g/mol. The van der Waals surface area contributed by atoms with Crippen molar-refractivity contribution in [3.05, 3.63) is 304 Å². The van der Waals surface area contributed by atoms with Crippen LogP contribution in [0.5, 0.6) is 0 Å². The number of carbonyl (C=O) groups is 1. The molecule has 1 unspecified atom stereocenters.